The van der Waals surface area contributed by atoms with Gasteiger partial charge in [0.1, 0.15) is 11.8 Å². The van der Waals surface area contributed by atoms with E-state index in [2.05, 4.69) is 20.5 Å². The number of pyridine rings is 1. The number of nitrogens with one attached hydrogen (secondary N) is 1. The first kappa shape index (κ1) is 19.6. The number of aromatic nitrogens is 4. The minimum absolute atomic E-state index is 0.0293. The molecule has 2 aromatic heterocycles. The molecule has 1 saturated carbocycles. The van der Waals surface area contributed by atoms with Crippen molar-refractivity contribution < 1.29 is 22.7 Å². The van der Waals surface area contributed by atoms with E-state index < -0.39 is 17.4 Å². The number of hydrogen-bond acceptors (Lipinski definition) is 6. The molecule has 1 fully saturated rings. The number of hydrogen-bond donors (Lipinski definition) is 1. The van der Waals surface area contributed by atoms with Crippen molar-refractivity contribution in [3.05, 3.63) is 35.4 Å². The Balaban J connectivity index is 1.56. The third-order valence-electron chi connectivity index (χ3n) is 4.42. The van der Waals surface area contributed by atoms with Gasteiger partial charge in [-0.25, -0.2) is 4.98 Å². The predicted molar refractivity (Wildman–Crippen MR) is 89.1 cm³/mol. The van der Waals surface area contributed by atoms with Gasteiger partial charge in [0.15, 0.2) is 11.4 Å². The van der Waals surface area contributed by atoms with Gasteiger partial charge in [-0.15, -0.1) is 5.10 Å². The van der Waals surface area contributed by atoms with Crippen LogP contribution < -0.4 is 10.1 Å². The van der Waals surface area contributed by atoms with Crippen molar-refractivity contribution in [2.75, 3.05) is 0 Å². The Kier molecular flexibility index (Phi) is 5.48. The number of carbonyl (C=O) groups excluding carboxylic acids is 1. The largest absolute Gasteiger partial charge is 0.489 e. The van der Waals surface area contributed by atoms with E-state index in [9.17, 15) is 18.0 Å². The molecule has 1 amide bonds. The van der Waals surface area contributed by atoms with E-state index in [1.165, 1.54) is 17.1 Å². The summed E-state index contributed by atoms with van der Waals surface area (Å²) in [5, 5.41) is 19.4. The van der Waals surface area contributed by atoms with Crippen LogP contribution in [0, 0.1) is 11.3 Å². The average Bonchev–Trinajstić information content (AvgIpc) is 3.09. The Bertz CT molecular complexity index is 897. The van der Waals surface area contributed by atoms with Gasteiger partial charge in [-0.05, 0) is 31.7 Å². The zero-order chi connectivity index (χ0) is 20.3. The maximum absolute atomic E-state index is 13.0. The summed E-state index contributed by atoms with van der Waals surface area (Å²) in [5.41, 5.74) is -1.57. The van der Waals surface area contributed by atoms with Gasteiger partial charge in [-0.1, -0.05) is 0 Å². The zero-order valence-electron chi connectivity index (χ0n) is 14.9. The second kappa shape index (κ2) is 7.84. The summed E-state index contributed by atoms with van der Waals surface area (Å²) in [7, 11) is 1.61. The van der Waals surface area contributed by atoms with Crippen molar-refractivity contribution in [1.82, 2.24) is 25.3 Å². The highest BCUT2D eigenvalue weighted by Crippen LogP contribution is 2.34. The molecule has 3 rings (SSSR count). The molecule has 1 aliphatic rings. The second-order valence-electron chi connectivity index (χ2n) is 6.46. The summed E-state index contributed by atoms with van der Waals surface area (Å²) in [4.78, 5) is 16.9. The van der Waals surface area contributed by atoms with Crippen LogP contribution in [0.4, 0.5) is 13.2 Å². The van der Waals surface area contributed by atoms with Gasteiger partial charge in [0.2, 0.25) is 0 Å². The lowest BCUT2D eigenvalue weighted by atomic mass is 9.93. The summed E-state index contributed by atoms with van der Waals surface area (Å²) in [6.07, 6.45) is -0.116. The maximum atomic E-state index is 13.0. The van der Waals surface area contributed by atoms with Crippen LogP contribution in [0.3, 0.4) is 0 Å². The number of halogens is 3. The normalized spacial score (nSPS) is 19.7. The Labute approximate surface area is 158 Å². The first-order chi connectivity index (χ1) is 13.3. The van der Waals surface area contributed by atoms with E-state index in [-0.39, 0.29) is 29.5 Å². The van der Waals surface area contributed by atoms with Crippen molar-refractivity contribution in [2.45, 2.75) is 44.0 Å². The van der Waals surface area contributed by atoms with Crippen molar-refractivity contribution in [2.24, 2.45) is 7.05 Å². The number of nitriles is 1. The summed E-state index contributed by atoms with van der Waals surface area (Å²) in [6.45, 7) is 0. The standard InChI is InChI=1S/C17H17F3N6O2/c1-26-23-9-15(25-26)16(27)24-10-2-4-11(5-3-10)28-12-6-13(17(18,19)20)14(7-21)22-8-12/h6,8-11H,2-5H2,1H3,(H,24,27). The molecule has 28 heavy (non-hydrogen) atoms. The third kappa shape index (κ3) is 4.57. The highest BCUT2D eigenvalue weighted by molar-refractivity contribution is 5.92. The van der Waals surface area contributed by atoms with Gasteiger partial charge in [-0.3, -0.25) is 4.79 Å². The van der Waals surface area contributed by atoms with Crippen LogP contribution in [-0.4, -0.2) is 38.0 Å². The third-order valence-corrected chi connectivity index (χ3v) is 4.42. The Morgan fingerprint density at radius 1 is 1.32 bits per heavy atom. The number of carbonyl (C=O) groups is 1. The van der Waals surface area contributed by atoms with Gasteiger partial charge in [0, 0.05) is 13.1 Å². The minimum Gasteiger partial charge on any atom is -0.489 e. The first-order valence-corrected chi connectivity index (χ1v) is 8.57. The van der Waals surface area contributed by atoms with Crippen LogP contribution in [0.1, 0.15) is 47.4 Å². The molecule has 2 aromatic rings. The molecule has 11 heteroatoms. The molecular weight excluding hydrogens is 377 g/mol. The highest BCUT2D eigenvalue weighted by atomic mass is 19.4. The lowest BCUT2D eigenvalue weighted by molar-refractivity contribution is -0.138. The van der Waals surface area contributed by atoms with E-state index in [0.29, 0.717) is 25.7 Å². The van der Waals surface area contributed by atoms with Crippen molar-refractivity contribution in [3.63, 3.8) is 0 Å². The first-order valence-electron chi connectivity index (χ1n) is 8.57. The van der Waals surface area contributed by atoms with Crippen molar-refractivity contribution in [1.29, 1.82) is 5.26 Å². The fourth-order valence-corrected chi connectivity index (χ4v) is 3.04. The molecular formula is C17H17F3N6O2. The number of nitrogens with zero attached hydrogens (tertiary/aromatic N) is 5. The SMILES string of the molecule is Cn1ncc(C(=O)NC2CCC(Oc3cnc(C#N)c(C(F)(F)F)c3)CC2)n1. The van der Waals surface area contributed by atoms with Crippen LogP contribution in [0.15, 0.2) is 18.5 Å². The lowest BCUT2D eigenvalue weighted by Crippen LogP contribution is -2.39. The van der Waals surface area contributed by atoms with Crippen LogP contribution in [0.5, 0.6) is 5.75 Å². The van der Waals surface area contributed by atoms with Gasteiger partial charge in [0.25, 0.3) is 5.91 Å². The molecule has 1 aliphatic carbocycles. The average molecular weight is 394 g/mol. The molecule has 0 aliphatic heterocycles. The number of ether oxygens (including phenoxy) is 1. The number of amides is 1. The van der Waals surface area contributed by atoms with Crippen LogP contribution in [0.25, 0.3) is 0 Å². The van der Waals surface area contributed by atoms with E-state index >= 15 is 0 Å². The molecule has 0 atom stereocenters. The van der Waals surface area contributed by atoms with Gasteiger partial charge in [-0.2, -0.15) is 28.3 Å². The maximum Gasteiger partial charge on any atom is 0.419 e. The molecule has 0 radical (unpaired) electrons. The van der Waals surface area contributed by atoms with Crippen LogP contribution in [0.2, 0.25) is 0 Å². The fourth-order valence-electron chi connectivity index (χ4n) is 3.04. The van der Waals surface area contributed by atoms with Crippen molar-refractivity contribution in [3.8, 4) is 11.8 Å². The second-order valence-corrected chi connectivity index (χ2v) is 6.46. The molecule has 1 N–H and O–H groups in total. The van der Waals surface area contributed by atoms with E-state index in [1.54, 1.807) is 7.05 Å². The molecule has 148 valence electrons. The highest BCUT2D eigenvalue weighted by Gasteiger charge is 2.35. The number of aryl methyl sites for hydroxylation is 1. The Morgan fingerprint density at radius 2 is 2.04 bits per heavy atom. The summed E-state index contributed by atoms with van der Waals surface area (Å²) < 4.78 is 44.7. The molecule has 0 aromatic carbocycles. The fraction of sp³-hybridized carbons (Fsp3) is 0.471. The summed E-state index contributed by atoms with van der Waals surface area (Å²) in [5.74, 6) is -0.345. The number of rotatable bonds is 4. The molecule has 2 heterocycles. The lowest BCUT2D eigenvalue weighted by Gasteiger charge is -2.29. The molecule has 0 bridgehead atoms. The molecule has 0 unspecified atom stereocenters. The molecule has 8 nitrogen and oxygen atoms in total. The zero-order valence-corrected chi connectivity index (χ0v) is 14.9. The smallest absolute Gasteiger partial charge is 0.419 e. The molecule has 0 saturated heterocycles. The predicted octanol–water partition coefficient (Wildman–Crippen LogP) is 2.22. The van der Waals surface area contributed by atoms with Gasteiger partial charge in [0.05, 0.1) is 24.1 Å². The number of alkyl halides is 3. The van der Waals surface area contributed by atoms with E-state index in [4.69, 9.17) is 10.00 Å². The Hall–Kier alpha value is -3.16. The monoisotopic (exact) mass is 394 g/mol. The summed E-state index contributed by atoms with van der Waals surface area (Å²) in [6, 6.07) is 2.16. The van der Waals surface area contributed by atoms with E-state index in [1.807, 2.05) is 0 Å². The summed E-state index contributed by atoms with van der Waals surface area (Å²) >= 11 is 0. The molecule has 0 spiro atoms. The Morgan fingerprint density at radius 3 is 2.61 bits per heavy atom. The van der Waals surface area contributed by atoms with Crippen LogP contribution >= 0.6 is 0 Å². The van der Waals surface area contributed by atoms with Gasteiger partial charge < -0.3 is 10.1 Å². The van der Waals surface area contributed by atoms with E-state index in [0.717, 1.165) is 12.3 Å². The minimum atomic E-state index is -4.68. The topological polar surface area (TPSA) is 106 Å². The van der Waals surface area contributed by atoms with Crippen LogP contribution in [-0.2, 0) is 13.2 Å². The quantitative estimate of drug-likeness (QED) is 0.852. The van der Waals surface area contributed by atoms with Crippen molar-refractivity contribution >= 4 is 5.91 Å². The van der Waals surface area contributed by atoms with Gasteiger partial charge >= 0.3 is 6.18 Å².